The van der Waals surface area contributed by atoms with Crippen molar-refractivity contribution in [3.8, 4) is 11.5 Å². The Kier molecular flexibility index (Phi) is 20.1. The molecular weight excluding hydrogens is 1040 g/mol. The zero-order valence-corrected chi connectivity index (χ0v) is 50.6. The second kappa shape index (κ2) is 27.8. The van der Waals surface area contributed by atoms with E-state index >= 15 is 0 Å². The fraction of sp³-hybridized carbons (Fsp3) is 0.611. The monoisotopic (exact) mass is 1140 g/mol. The Morgan fingerprint density at radius 1 is 0.881 bits per heavy atom. The van der Waals surface area contributed by atoms with E-state index in [1.807, 2.05) is 13.1 Å². The first-order valence-corrected chi connectivity index (χ1v) is 32.9. The third-order valence-corrected chi connectivity index (χ3v) is 22.1. The molecule has 0 aromatic heterocycles. The molecule has 0 bridgehead atoms. The third kappa shape index (κ3) is 14.2. The maximum absolute atomic E-state index is 14.6. The first-order chi connectivity index (χ1) is 40.9. The standard InChI is InChI=1S/C72H100N6O6/c1-47(80)42-77-68-41-71(40-64-62-25-28-74-44-57(62)31-54-15-10-27-75-70(54)64)38-51(21-23-67(71)72(68)26-24-52(39-72)43-76-59-16-7-4-8-17-59)30-60(81)36-61(82)33-58(46-79)63-37-66(84-2)65(83)34-55(63)32-56-45-78-69(73)35-53(56)22-20-50-14-9-13-49(29-50)19-18-48-11-5-3-6-12-48/h3,5-6,9-15,29,33-35,37,45,47,51-52,54,57,59,62,64,67-70,74-80,83H,4,7-8,16-28,30-32,36,38-44,46,73H2,1-2H3. The van der Waals surface area contributed by atoms with E-state index in [9.17, 15) is 24.9 Å². The van der Waals surface area contributed by atoms with E-state index in [-0.39, 0.29) is 52.4 Å². The molecule has 5 aliphatic carbocycles. The molecule has 3 aliphatic heterocycles. The second-order valence-electron chi connectivity index (χ2n) is 27.6. The topological polar surface area (TPSA) is 190 Å². The number of hydrogen-bond acceptors (Lipinski definition) is 12. The molecule has 5 saturated carbocycles. The highest BCUT2D eigenvalue weighted by atomic mass is 16.5. The molecule has 11 rings (SSSR count). The summed E-state index contributed by atoms with van der Waals surface area (Å²) < 4.78 is 5.61. The minimum absolute atomic E-state index is 0.0372. The summed E-state index contributed by atoms with van der Waals surface area (Å²) in [5, 5.41) is 52.4. The van der Waals surface area contributed by atoms with Crippen LogP contribution in [0.1, 0.15) is 150 Å². The number of ketones is 2. The number of hydrogen-bond donors (Lipinski definition) is 9. The fourth-order valence-electron chi connectivity index (χ4n) is 18.5. The normalized spacial score (nSPS) is 31.8. The van der Waals surface area contributed by atoms with Crippen molar-refractivity contribution in [2.75, 3.05) is 46.4 Å². The van der Waals surface area contributed by atoms with Crippen molar-refractivity contribution in [1.29, 1.82) is 0 Å². The molecule has 454 valence electrons. The number of allylic oxidation sites excluding steroid dienone is 3. The van der Waals surface area contributed by atoms with Crippen molar-refractivity contribution in [1.82, 2.24) is 26.6 Å². The quantitative estimate of drug-likeness (QED) is 0.0235. The first kappa shape index (κ1) is 60.8. The molecular formula is C72H100N6O6. The Balaban J connectivity index is 0.804. The maximum Gasteiger partial charge on any atom is 0.163 e. The lowest BCUT2D eigenvalue weighted by atomic mass is 9.52. The highest BCUT2D eigenvalue weighted by molar-refractivity contribution is 6.07. The number of rotatable bonds is 24. The number of benzene rings is 3. The van der Waals surface area contributed by atoms with Crippen LogP contribution in [0.5, 0.6) is 11.5 Å². The number of Topliss-reactive ketones (excluding diaryl/α,β-unsaturated/α-hetero) is 1. The van der Waals surface area contributed by atoms with Crippen LogP contribution in [0.25, 0.3) is 5.57 Å². The summed E-state index contributed by atoms with van der Waals surface area (Å²) in [6.07, 6.45) is 31.7. The number of fused-ring (bicyclic) bond motifs is 4. The van der Waals surface area contributed by atoms with Crippen LogP contribution in [-0.2, 0) is 35.3 Å². The van der Waals surface area contributed by atoms with E-state index in [1.165, 1.54) is 101 Å². The zero-order chi connectivity index (χ0) is 58.2. The smallest absolute Gasteiger partial charge is 0.163 e. The average molecular weight is 1150 g/mol. The molecule has 13 unspecified atom stereocenters. The zero-order valence-electron chi connectivity index (χ0n) is 50.6. The Morgan fingerprint density at radius 3 is 2.48 bits per heavy atom. The van der Waals surface area contributed by atoms with E-state index < -0.39 is 12.7 Å². The number of phenolic OH excluding ortho intramolecular Hbond substituents is 1. The van der Waals surface area contributed by atoms with Gasteiger partial charge in [-0.2, -0.15) is 0 Å². The molecule has 0 radical (unpaired) electrons. The van der Waals surface area contributed by atoms with Gasteiger partial charge in [-0.15, -0.1) is 0 Å². The number of aromatic hydroxyl groups is 1. The summed E-state index contributed by atoms with van der Waals surface area (Å²) in [6.45, 7) is 6.28. The molecule has 0 amide bonds. The van der Waals surface area contributed by atoms with Gasteiger partial charge < -0.3 is 52.4 Å². The second-order valence-corrected chi connectivity index (χ2v) is 27.6. The molecule has 6 fully saturated rings. The molecule has 8 aliphatic rings. The van der Waals surface area contributed by atoms with Gasteiger partial charge in [-0.05, 0) is 257 Å². The van der Waals surface area contributed by atoms with Gasteiger partial charge in [0, 0.05) is 43.8 Å². The lowest BCUT2D eigenvalue weighted by molar-refractivity contribution is -0.126. The van der Waals surface area contributed by atoms with Crippen molar-refractivity contribution in [3.05, 3.63) is 136 Å². The average Bonchev–Trinajstić information content (AvgIpc) is 1.64. The molecule has 3 heterocycles. The van der Waals surface area contributed by atoms with E-state index in [2.05, 4.69) is 99.4 Å². The third-order valence-electron chi connectivity index (χ3n) is 22.1. The van der Waals surface area contributed by atoms with Gasteiger partial charge in [0.2, 0.25) is 0 Å². The van der Waals surface area contributed by atoms with Gasteiger partial charge in [0.15, 0.2) is 17.3 Å². The van der Waals surface area contributed by atoms with E-state index in [0.29, 0.717) is 84.2 Å². The fourth-order valence-corrected chi connectivity index (χ4v) is 18.5. The molecule has 84 heavy (non-hydrogen) atoms. The predicted molar refractivity (Wildman–Crippen MR) is 336 cm³/mol. The molecule has 10 N–H and O–H groups in total. The van der Waals surface area contributed by atoms with E-state index in [1.54, 1.807) is 12.1 Å². The van der Waals surface area contributed by atoms with Crippen molar-refractivity contribution in [2.45, 2.75) is 179 Å². The van der Waals surface area contributed by atoms with Crippen LogP contribution in [-0.4, -0.2) is 104 Å². The van der Waals surface area contributed by atoms with E-state index in [4.69, 9.17) is 10.5 Å². The van der Waals surface area contributed by atoms with Gasteiger partial charge in [0.1, 0.15) is 5.78 Å². The lowest BCUT2D eigenvalue weighted by Gasteiger charge is -2.55. The van der Waals surface area contributed by atoms with Crippen LogP contribution >= 0.6 is 0 Å². The van der Waals surface area contributed by atoms with Gasteiger partial charge in [0.05, 0.1) is 32.4 Å². The van der Waals surface area contributed by atoms with Gasteiger partial charge in [0.25, 0.3) is 0 Å². The molecule has 13 atom stereocenters. The van der Waals surface area contributed by atoms with E-state index in [0.717, 1.165) is 94.3 Å². The van der Waals surface area contributed by atoms with Crippen molar-refractivity contribution < 1.29 is 29.6 Å². The summed E-state index contributed by atoms with van der Waals surface area (Å²) in [5.41, 5.74) is 14.3. The summed E-state index contributed by atoms with van der Waals surface area (Å²) in [7, 11) is 1.49. The Labute approximate surface area is 501 Å². The summed E-state index contributed by atoms with van der Waals surface area (Å²) in [6, 6.07) is 24.2. The SMILES string of the molecule is COc1cc(C(=CC(=O)CC(=O)CC2CCC3C(CC4C5CCNCC5CC5C=CCNC54)(C2)CC(NCC(C)O)C32CCC(CNC3CCCCC3)C2)CO)c(CC2=CNC(N)C=C2CCc2cccc(CCc3ccccc3)c2)cc1O. The van der Waals surface area contributed by atoms with Gasteiger partial charge in [-0.25, -0.2) is 0 Å². The highest BCUT2D eigenvalue weighted by Crippen LogP contribution is 2.70. The number of carbonyl (C=O) groups is 2. The van der Waals surface area contributed by atoms with Crippen LogP contribution in [0.2, 0.25) is 0 Å². The summed E-state index contributed by atoms with van der Waals surface area (Å²) in [4.78, 5) is 28.9. The van der Waals surface area contributed by atoms with Crippen LogP contribution < -0.4 is 37.1 Å². The highest BCUT2D eigenvalue weighted by Gasteiger charge is 2.65. The number of ether oxygens (including phenoxy) is 1. The van der Waals surface area contributed by atoms with Gasteiger partial charge >= 0.3 is 0 Å². The number of phenols is 1. The number of piperidine rings is 1. The largest absolute Gasteiger partial charge is 0.504 e. The van der Waals surface area contributed by atoms with Crippen LogP contribution in [0, 0.1) is 52.3 Å². The minimum Gasteiger partial charge on any atom is -0.504 e. The number of aliphatic hydroxyl groups is 2. The van der Waals surface area contributed by atoms with Crippen molar-refractivity contribution >= 4 is 17.1 Å². The number of dihydropyridines is 1. The predicted octanol–water partition coefficient (Wildman–Crippen LogP) is 9.99. The molecule has 12 nitrogen and oxygen atoms in total. The number of aliphatic hydroxyl groups excluding tert-OH is 2. The maximum atomic E-state index is 14.6. The Bertz CT molecular complexity index is 2860. The first-order valence-electron chi connectivity index (χ1n) is 32.9. The van der Waals surface area contributed by atoms with Gasteiger partial charge in [-0.3, -0.25) is 9.59 Å². The van der Waals surface area contributed by atoms with Crippen LogP contribution in [0.3, 0.4) is 0 Å². The molecule has 1 spiro atoms. The lowest BCUT2D eigenvalue weighted by Crippen LogP contribution is -2.57. The molecule has 3 aromatic carbocycles. The number of aryl methyl sites for hydroxylation is 3. The molecule has 1 saturated heterocycles. The number of nitrogens with one attached hydrogen (secondary N) is 5. The van der Waals surface area contributed by atoms with Crippen LogP contribution in [0.15, 0.2) is 108 Å². The van der Waals surface area contributed by atoms with Gasteiger partial charge in [-0.1, -0.05) is 86.0 Å². The Morgan fingerprint density at radius 2 is 1.68 bits per heavy atom. The number of methoxy groups -OCH3 is 1. The number of nitrogens with two attached hydrogens (primary N) is 1. The van der Waals surface area contributed by atoms with Crippen molar-refractivity contribution in [3.63, 3.8) is 0 Å². The molecule has 12 heteroatoms. The molecule has 3 aromatic rings. The summed E-state index contributed by atoms with van der Waals surface area (Å²) in [5.74, 6) is 3.59. The Hall–Kier alpha value is -4.92. The van der Waals surface area contributed by atoms with Crippen molar-refractivity contribution in [2.24, 2.45) is 58.0 Å². The number of carbonyl (C=O) groups excluding carboxylic acids is 2. The summed E-state index contributed by atoms with van der Waals surface area (Å²) >= 11 is 0. The van der Waals surface area contributed by atoms with Crippen LogP contribution in [0.4, 0.5) is 0 Å². The minimum atomic E-state index is -0.437.